The highest BCUT2D eigenvalue weighted by Gasteiger charge is 2.41. The number of aromatic nitrogens is 3. The molecule has 0 fully saturated rings. The highest BCUT2D eigenvalue weighted by atomic mass is 16.5. The van der Waals surface area contributed by atoms with Gasteiger partial charge in [-0.2, -0.15) is 0 Å². The molecule has 8 rings (SSSR count). The van der Waals surface area contributed by atoms with Gasteiger partial charge in [-0.1, -0.05) is 133 Å². The van der Waals surface area contributed by atoms with Gasteiger partial charge >= 0.3 is 0 Å². The number of ether oxygens (including phenoxy) is 1. The second-order valence-corrected chi connectivity index (χ2v) is 11.4. The van der Waals surface area contributed by atoms with E-state index in [2.05, 4.69) is 150 Å². The van der Waals surface area contributed by atoms with Gasteiger partial charge in [-0.25, -0.2) is 4.98 Å². The summed E-state index contributed by atoms with van der Waals surface area (Å²) in [6, 6.07) is 54.9. The Kier molecular flexibility index (Phi) is 7.01. The SMILES string of the molecule is c1ccc(-c2cn(C3C(c4ccccc4)c4ccccc4Oc4ccccc4C3c3ccccc3)c(-c3ccccn3)n2)cc1. The molecule has 1 aliphatic rings. The van der Waals surface area contributed by atoms with Crippen LogP contribution >= 0.6 is 0 Å². The zero-order chi connectivity index (χ0) is 30.0. The predicted octanol–water partition coefficient (Wildman–Crippen LogP) is 9.92. The number of hydrogen-bond donors (Lipinski definition) is 0. The van der Waals surface area contributed by atoms with Crippen molar-refractivity contribution >= 4 is 0 Å². The molecule has 5 aromatic carbocycles. The Morgan fingerprint density at radius 1 is 0.489 bits per heavy atom. The van der Waals surface area contributed by atoms with Crippen molar-refractivity contribution in [2.75, 3.05) is 0 Å². The Hall–Kier alpha value is -5.74. The smallest absolute Gasteiger partial charge is 0.159 e. The van der Waals surface area contributed by atoms with Crippen molar-refractivity contribution in [3.05, 3.63) is 192 Å². The molecule has 0 spiro atoms. The van der Waals surface area contributed by atoms with E-state index in [4.69, 9.17) is 14.7 Å². The number of hydrogen-bond acceptors (Lipinski definition) is 3. The van der Waals surface area contributed by atoms with Crippen LogP contribution in [0.5, 0.6) is 11.5 Å². The molecule has 3 heterocycles. The Balaban J connectivity index is 1.50. The van der Waals surface area contributed by atoms with Crippen LogP contribution in [-0.2, 0) is 0 Å². The Bertz CT molecular complexity index is 1950. The van der Waals surface area contributed by atoms with Crippen LogP contribution in [0.25, 0.3) is 22.8 Å². The molecule has 0 bridgehead atoms. The molecule has 2 atom stereocenters. The summed E-state index contributed by atoms with van der Waals surface area (Å²) in [5.74, 6) is 2.39. The molecule has 0 saturated carbocycles. The molecule has 0 amide bonds. The minimum atomic E-state index is -0.136. The van der Waals surface area contributed by atoms with Crippen molar-refractivity contribution < 1.29 is 4.74 Å². The molecule has 1 aliphatic heterocycles. The average Bonchev–Trinajstić information content (AvgIpc) is 3.55. The molecule has 45 heavy (non-hydrogen) atoms. The molecule has 2 unspecified atom stereocenters. The molecular formula is C41H31N3O. The zero-order valence-corrected chi connectivity index (χ0v) is 24.6. The van der Waals surface area contributed by atoms with Gasteiger partial charge in [0.25, 0.3) is 0 Å². The lowest BCUT2D eigenvalue weighted by Gasteiger charge is -2.39. The van der Waals surface area contributed by atoms with Crippen LogP contribution in [0.15, 0.2) is 170 Å². The van der Waals surface area contributed by atoms with E-state index < -0.39 is 0 Å². The first-order chi connectivity index (χ1) is 22.3. The van der Waals surface area contributed by atoms with Gasteiger partial charge in [0.15, 0.2) is 5.82 Å². The van der Waals surface area contributed by atoms with Gasteiger partial charge in [-0.05, 0) is 35.4 Å². The van der Waals surface area contributed by atoms with Crippen molar-refractivity contribution in [3.63, 3.8) is 0 Å². The summed E-state index contributed by atoms with van der Waals surface area (Å²) in [5, 5.41) is 0. The number of imidazole rings is 1. The van der Waals surface area contributed by atoms with E-state index in [1.54, 1.807) is 0 Å². The Labute approximate surface area is 263 Å². The predicted molar refractivity (Wildman–Crippen MR) is 179 cm³/mol. The summed E-state index contributed by atoms with van der Waals surface area (Å²) >= 11 is 0. The van der Waals surface area contributed by atoms with E-state index >= 15 is 0 Å². The van der Waals surface area contributed by atoms with Gasteiger partial charge in [0.05, 0.1) is 11.7 Å². The molecule has 0 aliphatic carbocycles. The topological polar surface area (TPSA) is 39.9 Å². The summed E-state index contributed by atoms with van der Waals surface area (Å²) in [4.78, 5) is 10.1. The van der Waals surface area contributed by atoms with E-state index in [1.165, 1.54) is 11.1 Å². The zero-order valence-electron chi connectivity index (χ0n) is 24.6. The summed E-state index contributed by atoms with van der Waals surface area (Å²) in [6.07, 6.45) is 4.07. The highest BCUT2D eigenvalue weighted by Crippen LogP contribution is 2.54. The Morgan fingerprint density at radius 3 is 1.56 bits per heavy atom. The fraction of sp³-hybridized carbons (Fsp3) is 0.0732. The van der Waals surface area contributed by atoms with Crippen LogP contribution in [-0.4, -0.2) is 14.5 Å². The second-order valence-electron chi connectivity index (χ2n) is 11.4. The van der Waals surface area contributed by atoms with Crippen molar-refractivity contribution in [2.45, 2.75) is 17.9 Å². The van der Waals surface area contributed by atoms with E-state index in [9.17, 15) is 0 Å². The van der Waals surface area contributed by atoms with Gasteiger partial charge in [0, 0.05) is 40.9 Å². The maximum absolute atomic E-state index is 6.82. The van der Waals surface area contributed by atoms with Crippen LogP contribution in [0.3, 0.4) is 0 Å². The van der Waals surface area contributed by atoms with Crippen LogP contribution in [0.4, 0.5) is 0 Å². The van der Waals surface area contributed by atoms with E-state index in [0.717, 1.165) is 45.4 Å². The second kappa shape index (κ2) is 11.7. The lowest BCUT2D eigenvalue weighted by atomic mass is 9.72. The third kappa shape index (κ3) is 5.00. The third-order valence-corrected chi connectivity index (χ3v) is 8.75. The van der Waals surface area contributed by atoms with Crippen molar-refractivity contribution in [1.82, 2.24) is 14.5 Å². The molecule has 7 aromatic rings. The molecule has 4 heteroatoms. The van der Waals surface area contributed by atoms with Crippen LogP contribution in [0.1, 0.15) is 40.1 Å². The highest BCUT2D eigenvalue weighted by molar-refractivity contribution is 5.64. The maximum atomic E-state index is 6.82. The minimum Gasteiger partial charge on any atom is -0.457 e. The summed E-state index contributed by atoms with van der Waals surface area (Å²) < 4.78 is 9.21. The fourth-order valence-electron chi connectivity index (χ4n) is 6.79. The van der Waals surface area contributed by atoms with Crippen LogP contribution in [0.2, 0.25) is 0 Å². The van der Waals surface area contributed by atoms with Crippen molar-refractivity contribution in [1.29, 1.82) is 0 Å². The van der Waals surface area contributed by atoms with Gasteiger partial charge in [-0.15, -0.1) is 0 Å². The maximum Gasteiger partial charge on any atom is 0.159 e. The van der Waals surface area contributed by atoms with E-state index in [0.29, 0.717) is 0 Å². The van der Waals surface area contributed by atoms with Gasteiger partial charge in [-0.3, -0.25) is 4.98 Å². The number of fused-ring (bicyclic) bond motifs is 2. The number of nitrogens with zero attached hydrogens (tertiary/aromatic N) is 3. The average molecular weight is 582 g/mol. The van der Waals surface area contributed by atoms with Gasteiger partial charge in [0.1, 0.15) is 17.2 Å². The number of para-hydroxylation sites is 2. The lowest BCUT2D eigenvalue weighted by Crippen LogP contribution is -2.28. The first-order valence-electron chi connectivity index (χ1n) is 15.4. The number of rotatable bonds is 5. The monoisotopic (exact) mass is 581 g/mol. The van der Waals surface area contributed by atoms with Crippen LogP contribution in [0, 0.1) is 0 Å². The molecule has 216 valence electrons. The quantitative estimate of drug-likeness (QED) is 0.203. The molecular weight excluding hydrogens is 550 g/mol. The first-order valence-corrected chi connectivity index (χ1v) is 15.4. The van der Waals surface area contributed by atoms with Crippen molar-refractivity contribution in [2.24, 2.45) is 0 Å². The first kappa shape index (κ1) is 26.9. The van der Waals surface area contributed by atoms with Gasteiger partial charge < -0.3 is 9.30 Å². The molecule has 0 saturated heterocycles. The molecule has 4 nitrogen and oxygen atoms in total. The van der Waals surface area contributed by atoms with Crippen molar-refractivity contribution in [3.8, 4) is 34.3 Å². The largest absolute Gasteiger partial charge is 0.457 e. The normalized spacial score (nSPS) is 17.3. The third-order valence-electron chi connectivity index (χ3n) is 8.75. The minimum absolute atomic E-state index is 0.0822. The summed E-state index contributed by atoms with van der Waals surface area (Å²) in [6.45, 7) is 0. The van der Waals surface area contributed by atoms with E-state index in [-0.39, 0.29) is 17.9 Å². The van der Waals surface area contributed by atoms with Crippen LogP contribution < -0.4 is 4.74 Å². The van der Waals surface area contributed by atoms with E-state index in [1.807, 2.05) is 24.4 Å². The fourth-order valence-corrected chi connectivity index (χ4v) is 6.79. The lowest BCUT2D eigenvalue weighted by molar-refractivity contribution is 0.369. The summed E-state index contributed by atoms with van der Waals surface area (Å²) in [7, 11) is 0. The molecule has 0 radical (unpaired) electrons. The standard InChI is InChI=1S/C41H31N3O/c1-4-16-29(17-5-1)35-28-44(41(43-35)34-24-14-15-27-42-34)40-38(30-18-6-2-7-19-30)32-22-10-12-25-36(32)45-37-26-13-11-23-33(37)39(40)31-20-8-3-9-21-31/h1-28,38-40H. The molecule has 0 N–H and O–H groups in total. The number of pyridine rings is 1. The molecule has 2 aromatic heterocycles. The Morgan fingerprint density at radius 2 is 1.00 bits per heavy atom. The summed E-state index contributed by atoms with van der Waals surface area (Å²) in [5.41, 5.74) is 7.49. The number of benzene rings is 5. The van der Waals surface area contributed by atoms with Gasteiger partial charge in [0.2, 0.25) is 0 Å².